The first kappa shape index (κ1) is 14.1. The molecule has 0 saturated carbocycles. The van der Waals surface area contributed by atoms with E-state index < -0.39 is 0 Å². The van der Waals surface area contributed by atoms with E-state index in [2.05, 4.69) is 31.1 Å². The number of hydrogen-bond donors (Lipinski definition) is 0. The van der Waals surface area contributed by atoms with Crippen LogP contribution in [0.4, 0.5) is 0 Å². The Balaban J connectivity index is 2.09. The third kappa shape index (κ3) is 3.57. The van der Waals surface area contributed by atoms with Crippen molar-refractivity contribution in [3.63, 3.8) is 0 Å². The van der Waals surface area contributed by atoms with Crippen molar-refractivity contribution < 1.29 is 0 Å². The molecule has 4 heteroatoms. The van der Waals surface area contributed by atoms with E-state index in [0.717, 1.165) is 24.2 Å². The molecule has 1 aromatic carbocycles. The number of alkyl halides is 1. The first-order valence-corrected chi connectivity index (χ1v) is 7.01. The Morgan fingerprint density at radius 1 is 1.21 bits per heavy atom. The van der Waals surface area contributed by atoms with Crippen LogP contribution in [0.1, 0.15) is 32.9 Å². The molecule has 102 valence electrons. The lowest BCUT2D eigenvalue weighted by molar-refractivity contribution is 0.373. The van der Waals surface area contributed by atoms with Crippen LogP contribution in [-0.2, 0) is 6.42 Å². The molecule has 0 N–H and O–H groups in total. The molecule has 0 spiro atoms. The number of benzene rings is 1. The SMILES string of the molecule is CC(C)(C)C(Cl)CCc1cnnn1-c1ccccc1. The number of rotatable bonds is 4. The van der Waals surface area contributed by atoms with Gasteiger partial charge < -0.3 is 0 Å². The summed E-state index contributed by atoms with van der Waals surface area (Å²) in [6.07, 6.45) is 3.62. The van der Waals surface area contributed by atoms with Gasteiger partial charge >= 0.3 is 0 Å². The van der Waals surface area contributed by atoms with Gasteiger partial charge in [-0.15, -0.1) is 16.7 Å². The van der Waals surface area contributed by atoms with Gasteiger partial charge in [0, 0.05) is 5.38 Å². The highest BCUT2D eigenvalue weighted by atomic mass is 35.5. The van der Waals surface area contributed by atoms with Crippen LogP contribution in [0.15, 0.2) is 36.5 Å². The van der Waals surface area contributed by atoms with E-state index in [4.69, 9.17) is 11.6 Å². The second kappa shape index (κ2) is 5.74. The maximum atomic E-state index is 6.42. The van der Waals surface area contributed by atoms with Crippen LogP contribution in [0.25, 0.3) is 5.69 Å². The Morgan fingerprint density at radius 3 is 2.53 bits per heavy atom. The van der Waals surface area contributed by atoms with Crippen molar-refractivity contribution >= 4 is 11.6 Å². The highest BCUT2D eigenvalue weighted by Crippen LogP contribution is 2.28. The Bertz CT molecular complexity index is 514. The molecule has 0 radical (unpaired) electrons. The van der Waals surface area contributed by atoms with E-state index in [1.165, 1.54) is 0 Å². The van der Waals surface area contributed by atoms with Gasteiger partial charge in [0.05, 0.1) is 17.6 Å². The van der Waals surface area contributed by atoms with Gasteiger partial charge in [-0.2, -0.15) is 0 Å². The summed E-state index contributed by atoms with van der Waals surface area (Å²) in [5.74, 6) is 0. The van der Waals surface area contributed by atoms with Crippen LogP contribution in [0.2, 0.25) is 0 Å². The quantitative estimate of drug-likeness (QED) is 0.795. The fourth-order valence-electron chi connectivity index (χ4n) is 1.92. The zero-order valence-corrected chi connectivity index (χ0v) is 12.4. The molecule has 0 bridgehead atoms. The number of aromatic nitrogens is 3. The van der Waals surface area contributed by atoms with Crippen molar-refractivity contribution in [3.8, 4) is 5.69 Å². The topological polar surface area (TPSA) is 30.7 Å². The van der Waals surface area contributed by atoms with Gasteiger partial charge in [0.15, 0.2) is 0 Å². The summed E-state index contributed by atoms with van der Waals surface area (Å²) in [4.78, 5) is 0. The Hall–Kier alpha value is -1.35. The first-order valence-electron chi connectivity index (χ1n) is 6.57. The molecule has 1 unspecified atom stereocenters. The van der Waals surface area contributed by atoms with Gasteiger partial charge in [-0.05, 0) is 30.4 Å². The van der Waals surface area contributed by atoms with Crippen molar-refractivity contribution in [2.75, 3.05) is 0 Å². The van der Waals surface area contributed by atoms with E-state index in [0.29, 0.717) is 0 Å². The monoisotopic (exact) mass is 277 g/mol. The molecular formula is C15H20ClN3. The summed E-state index contributed by atoms with van der Waals surface area (Å²) in [7, 11) is 0. The van der Waals surface area contributed by atoms with Gasteiger partial charge in [0.1, 0.15) is 0 Å². The van der Waals surface area contributed by atoms with Gasteiger partial charge in [0.2, 0.25) is 0 Å². The molecule has 0 aliphatic carbocycles. The predicted molar refractivity (Wildman–Crippen MR) is 78.8 cm³/mol. The average molecular weight is 278 g/mol. The first-order chi connectivity index (χ1) is 8.98. The largest absolute Gasteiger partial charge is 0.218 e. The van der Waals surface area contributed by atoms with Crippen molar-refractivity contribution in [1.29, 1.82) is 0 Å². The van der Waals surface area contributed by atoms with Crippen LogP contribution >= 0.6 is 11.6 Å². The number of hydrogen-bond acceptors (Lipinski definition) is 2. The molecule has 2 rings (SSSR count). The zero-order chi connectivity index (χ0) is 13.9. The fraction of sp³-hybridized carbons (Fsp3) is 0.467. The lowest BCUT2D eigenvalue weighted by Crippen LogP contribution is -2.21. The van der Waals surface area contributed by atoms with Gasteiger partial charge in [-0.3, -0.25) is 0 Å². The summed E-state index contributed by atoms with van der Waals surface area (Å²) in [5.41, 5.74) is 2.25. The fourth-order valence-corrected chi connectivity index (χ4v) is 2.03. The van der Waals surface area contributed by atoms with E-state index in [9.17, 15) is 0 Å². The van der Waals surface area contributed by atoms with Gasteiger partial charge in [-0.1, -0.05) is 44.2 Å². The van der Waals surface area contributed by atoms with E-state index in [1.807, 2.05) is 41.2 Å². The second-order valence-corrected chi connectivity index (χ2v) is 6.37. The van der Waals surface area contributed by atoms with E-state index in [-0.39, 0.29) is 10.8 Å². The average Bonchev–Trinajstić information content (AvgIpc) is 2.84. The summed E-state index contributed by atoms with van der Waals surface area (Å²) in [6, 6.07) is 10.1. The molecule has 0 saturated heterocycles. The Labute approximate surface area is 119 Å². The molecule has 0 fully saturated rings. The third-order valence-electron chi connectivity index (χ3n) is 3.21. The predicted octanol–water partition coefficient (Wildman–Crippen LogP) is 3.85. The van der Waals surface area contributed by atoms with Crippen LogP contribution in [0, 0.1) is 5.41 Å². The molecule has 1 heterocycles. The van der Waals surface area contributed by atoms with Gasteiger partial charge in [0.25, 0.3) is 0 Å². The van der Waals surface area contributed by atoms with Crippen molar-refractivity contribution in [1.82, 2.24) is 15.0 Å². The lowest BCUT2D eigenvalue weighted by Gasteiger charge is -2.24. The summed E-state index contributed by atoms with van der Waals surface area (Å²) in [5, 5.41) is 8.30. The highest BCUT2D eigenvalue weighted by Gasteiger charge is 2.22. The number of nitrogens with zero attached hydrogens (tertiary/aromatic N) is 3. The highest BCUT2D eigenvalue weighted by molar-refractivity contribution is 6.21. The molecule has 1 atom stereocenters. The number of halogens is 1. The molecule has 1 aromatic heterocycles. The summed E-state index contributed by atoms with van der Waals surface area (Å²) in [6.45, 7) is 6.49. The minimum absolute atomic E-state index is 0.118. The van der Waals surface area contributed by atoms with Crippen LogP contribution < -0.4 is 0 Å². The molecular weight excluding hydrogens is 258 g/mol. The molecule has 0 aliphatic heterocycles. The third-order valence-corrected chi connectivity index (χ3v) is 4.09. The van der Waals surface area contributed by atoms with Crippen molar-refractivity contribution in [2.45, 2.75) is 39.0 Å². The lowest BCUT2D eigenvalue weighted by atomic mass is 9.89. The summed E-state index contributed by atoms with van der Waals surface area (Å²) >= 11 is 6.42. The minimum Gasteiger partial charge on any atom is -0.218 e. The molecule has 19 heavy (non-hydrogen) atoms. The number of para-hydroxylation sites is 1. The summed E-state index contributed by atoms with van der Waals surface area (Å²) < 4.78 is 1.88. The normalized spacial score (nSPS) is 13.5. The number of aryl methyl sites for hydroxylation is 1. The van der Waals surface area contributed by atoms with E-state index in [1.54, 1.807) is 0 Å². The van der Waals surface area contributed by atoms with Crippen LogP contribution in [0.5, 0.6) is 0 Å². The molecule has 2 aromatic rings. The minimum atomic E-state index is 0.118. The van der Waals surface area contributed by atoms with Crippen molar-refractivity contribution in [2.24, 2.45) is 5.41 Å². The molecule has 0 amide bonds. The van der Waals surface area contributed by atoms with Gasteiger partial charge in [-0.25, -0.2) is 4.68 Å². The maximum absolute atomic E-state index is 6.42. The Kier molecular flexibility index (Phi) is 4.25. The molecule has 3 nitrogen and oxygen atoms in total. The van der Waals surface area contributed by atoms with E-state index >= 15 is 0 Å². The molecule has 0 aliphatic rings. The standard InChI is InChI=1S/C15H20ClN3/c1-15(2,3)14(16)10-9-13-11-17-18-19(13)12-7-5-4-6-8-12/h4-8,11,14H,9-10H2,1-3H3. The Morgan fingerprint density at radius 2 is 1.89 bits per heavy atom. The zero-order valence-electron chi connectivity index (χ0n) is 11.7. The smallest absolute Gasteiger partial charge is 0.0729 e. The van der Waals surface area contributed by atoms with Crippen LogP contribution in [-0.4, -0.2) is 20.4 Å². The van der Waals surface area contributed by atoms with Crippen molar-refractivity contribution in [3.05, 3.63) is 42.2 Å². The maximum Gasteiger partial charge on any atom is 0.0729 e. The van der Waals surface area contributed by atoms with Crippen LogP contribution in [0.3, 0.4) is 0 Å². The second-order valence-electron chi connectivity index (χ2n) is 5.84.